The molecule has 0 bridgehead atoms. The van der Waals surface area contributed by atoms with Crippen LogP contribution in [0.2, 0.25) is 0 Å². The summed E-state index contributed by atoms with van der Waals surface area (Å²) in [6.45, 7) is 0. The third-order valence-electron chi connectivity index (χ3n) is 2.31. The van der Waals surface area contributed by atoms with Gasteiger partial charge >= 0.3 is 5.97 Å². The SMILES string of the molecule is COC(=O)CC(O)C(O)c1cc(F)cc(F)c1F. The van der Waals surface area contributed by atoms with E-state index in [2.05, 4.69) is 4.74 Å². The number of hydrogen-bond donors (Lipinski definition) is 2. The lowest BCUT2D eigenvalue weighted by atomic mass is 10.0. The van der Waals surface area contributed by atoms with Gasteiger partial charge in [-0.1, -0.05) is 0 Å². The number of aliphatic hydroxyl groups is 2. The first-order valence-electron chi connectivity index (χ1n) is 4.94. The summed E-state index contributed by atoms with van der Waals surface area (Å²) in [7, 11) is 1.06. The smallest absolute Gasteiger partial charge is 0.308 e. The molecule has 1 aromatic rings. The maximum absolute atomic E-state index is 13.3. The molecule has 1 rings (SSSR count). The highest BCUT2D eigenvalue weighted by Gasteiger charge is 2.26. The predicted molar refractivity (Wildman–Crippen MR) is 53.9 cm³/mol. The van der Waals surface area contributed by atoms with Gasteiger partial charge in [0, 0.05) is 11.6 Å². The van der Waals surface area contributed by atoms with E-state index in [1.54, 1.807) is 0 Å². The number of methoxy groups -OCH3 is 1. The highest BCUT2D eigenvalue weighted by molar-refractivity contribution is 5.69. The fraction of sp³-hybridized carbons (Fsp3) is 0.364. The summed E-state index contributed by atoms with van der Waals surface area (Å²) in [5.74, 6) is -4.92. The van der Waals surface area contributed by atoms with Gasteiger partial charge in [-0.25, -0.2) is 13.2 Å². The average Bonchev–Trinajstić information content (AvgIpc) is 2.32. The Morgan fingerprint density at radius 3 is 2.50 bits per heavy atom. The maximum Gasteiger partial charge on any atom is 0.308 e. The quantitative estimate of drug-likeness (QED) is 0.630. The lowest BCUT2D eigenvalue weighted by Gasteiger charge is -2.17. The van der Waals surface area contributed by atoms with E-state index in [0.717, 1.165) is 7.11 Å². The van der Waals surface area contributed by atoms with Gasteiger partial charge < -0.3 is 14.9 Å². The minimum Gasteiger partial charge on any atom is -0.469 e. The summed E-state index contributed by atoms with van der Waals surface area (Å²) in [5.41, 5.74) is -0.760. The molecule has 0 aromatic heterocycles. The van der Waals surface area contributed by atoms with E-state index in [0.29, 0.717) is 12.1 Å². The van der Waals surface area contributed by atoms with Crippen LogP contribution in [-0.2, 0) is 9.53 Å². The summed E-state index contributed by atoms with van der Waals surface area (Å²) in [4.78, 5) is 10.8. The lowest BCUT2D eigenvalue weighted by molar-refractivity contribution is -0.144. The number of esters is 1. The van der Waals surface area contributed by atoms with Crippen molar-refractivity contribution in [1.29, 1.82) is 0 Å². The van der Waals surface area contributed by atoms with Crippen LogP contribution in [0.25, 0.3) is 0 Å². The molecular formula is C11H11F3O4. The van der Waals surface area contributed by atoms with E-state index >= 15 is 0 Å². The fourth-order valence-corrected chi connectivity index (χ4v) is 1.36. The Morgan fingerprint density at radius 1 is 1.33 bits per heavy atom. The van der Waals surface area contributed by atoms with Gasteiger partial charge in [0.15, 0.2) is 11.6 Å². The van der Waals surface area contributed by atoms with Crippen molar-refractivity contribution >= 4 is 5.97 Å². The van der Waals surface area contributed by atoms with E-state index in [1.807, 2.05) is 0 Å². The number of halogens is 3. The molecule has 0 spiro atoms. The first-order valence-corrected chi connectivity index (χ1v) is 4.94. The zero-order chi connectivity index (χ0) is 13.9. The fourth-order valence-electron chi connectivity index (χ4n) is 1.36. The molecule has 4 nitrogen and oxygen atoms in total. The third-order valence-corrected chi connectivity index (χ3v) is 2.31. The van der Waals surface area contributed by atoms with Crippen LogP contribution in [0.15, 0.2) is 12.1 Å². The van der Waals surface area contributed by atoms with Crippen molar-refractivity contribution in [2.24, 2.45) is 0 Å². The largest absolute Gasteiger partial charge is 0.469 e. The number of benzene rings is 1. The normalized spacial score (nSPS) is 14.1. The zero-order valence-electron chi connectivity index (χ0n) is 9.36. The first kappa shape index (κ1) is 14.5. The molecule has 0 saturated carbocycles. The molecule has 0 radical (unpaired) electrons. The van der Waals surface area contributed by atoms with Crippen molar-refractivity contribution in [1.82, 2.24) is 0 Å². The second-order valence-corrected chi connectivity index (χ2v) is 3.58. The number of rotatable bonds is 4. The van der Waals surface area contributed by atoms with E-state index in [1.165, 1.54) is 0 Å². The Hall–Kier alpha value is -1.60. The van der Waals surface area contributed by atoms with E-state index in [4.69, 9.17) is 0 Å². The summed E-state index contributed by atoms with van der Waals surface area (Å²) in [6, 6.07) is 0.849. The topological polar surface area (TPSA) is 66.8 Å². The van der Waals surface area contributed by atoms with Crippen LogP contribution in [-0.4, -0.2) is 29.4 Å². The molecule has 2 atom stereocenters. The highest BCUT2D eigenvalue weighted by atomic mass is 19.2. The van der Waals surface area contributed by atoms with Crippen LogP contribution < -0.4 is 0 Å². The number of ether oxygens (including phenoxy) is 1. The van der Waals surface area contributed by atoms with Crippen molar-refractivity contribution in [2.75, 3.05) is 7.11 Å². The van der Waals surface area contributed by atoms with Gasteiger partial charge in [-0.3, -0.25) is 4.79 Å². The van der Waals surface area contributed by atoms with Gasteiger partial charge in [0.25, 0.3) is 0 Å². The van der Waals surface area contributed by atoms with Crippen molar-refractivity contribution in [2.45, 2.75) is 18.6 Å². The summed E-state index contributed by atoms with van der Waals surface area (Å²) >= 11 is 0. The summed E-state index contributed by atoms with van der Waals surface area (Å²) in [6.07, 6.45) is -4.29. The van der Waals surface area contributed by atoms with Crippen LogP contribution in [0.4, 0.5) is 13.2 Å². The lowest BCUT2D eigenvalue weighted by Crippen LogP contribution is -2.23. The first-order chi connectivity index (χ1) is 8.36. The van der Waals surface area contributed by atoms with Gasteiger partial charge in [-0.2, -0.15) is 0 Å². The van der Waals surface area contributed by atoms with Crippen molar-refractivity contribution in [3.05, 3.63) is 35.1 Å². The molecule has 18 heavy (non-hydrogen) atoms. The van der Waals surface area contributed by atoms with Crippen molar-refractivity contribution < 1.29 is 32.9 Å². The Morgan fingerprint density at radius 2 is 1.94 bits per heavy atom. The minimum atomic E-state index is -1.94. The molecule has 0 aliphatic carbocycles. The Kier molecular flexibility index (Phi) is 4.69. The molecule has 0 amide bonds. The standard InChI is InChI=1S/C11H11F3O4/c1-18-9(16)4-8(15)11(17)6-2-5(12)3-7(13)10(6)14/h2-3,8,11,15,17H,4H2,1H3. The molecule has 2 unspecified atom stereocenters. The van der Waals surface area contributed by atoms with Gasteiger partial charge in [-0.05, 0) is 6.07 Å². The highest BCUT2D eigenvalue weighted by Crippen LogP contribution is 2.24. The Bertz CT molecular complexity index is 450. The van der Waals surface area contributed by atoms with E-state index < -0.39 is 47.6 Å². The molecule has 0 heterocycles. The molecule has 0 fully saturated rings. The van der Waals surface area contributed by atoms with Crippen LogP contribution in [0.1, 0.15) is 18.1 Å². The zero-order valence-corrected chi connectivity index (χ0v) is 9.36. The van der Waals surface area contributed by atoms with Gasteiger partial charge in [-0.15, -0.1) is 0 Å². The molecule has 0 aliphatic rings. The van der Waals surface area contributed by atoms with Crippen LogP contribution in [0.5, 0.6) is 0 Å². The molecule has 0 aliphatic heterocycles. The van der Waals surface area contributed by atoms with Gasteiger partial charge in [0.1, 0.15) is 11.9 Å². The van der Waals surface area contributed by atoms with Gasteiger partial charge in [0.2, 0.25) is 0 Å². The molecular weight excluding hydrogens is 253 g/mol. The number of hydrogen-bond acceptors (Lipinski definition) is 4. The van der Waals surface area contributed by atoms with Crippen LogP contribution in [0, 0.1) is 17.5 Å². The Labute approximate surface area is 101 Å². The average molecular weight is 264 g/mol. The monoisotopic (exact) mass is 264 g/mol. The second-order valence-electron chi connectivity index (χ2n) is 3.58. The molecule has 0 saturated heterocycles. The van der Waals surface area contributed by atoms with E-state index in [-0.39, 0.29) is 0 Å². The Balaban J connectivity index is 2.96. The van der Waals surface area contributed by atoms with Crippen molar-refractivity contribution in [3.8, 4) is 0 Å². The van der Waals surface area contributed by atoms with Gasteiger partial charge in [0.05, 0.1) is 19.6 Å². The minimum absolute atomic E-state index is 0.304. The molecule has 1 aromatic carbocycles. The number of aliphatic hydroxyl groups excluding tert-OH is 2. The van der Waals surface area contributed by atoms with Crippen molar-refractivity contribution in [3.63, 3.8) is 0 Å². The maximum atomic E-state index is 13.3. The molecule has 2 N–H and O–H groups in total. The van der Waals surface area contributed by atoms with Crippen LogP contribution >= 0.6 is 0 Å². The van der Waals surface area contributed by atoms with Crippen LogP contribution in [0.3, 0.4) is 0 Å². The molecule has 7 heteroatoms. The third kappa shape index (κ3) is 3.21. The summed E-state index contributed by atoms with van der Waals surface area (Å²) in [5, 5.41) is 18.9. The molecule has 100 valence electrons. The summed E-state index contributed by atoms with van der Waals surface area (Å²) < 4.78 is 43.3. The number of carbonyl (C=O) groups excluding carboxylic acids is 1. The van der Waals surface area contributed by atoms with E-state index in [9.17, 15) is 28.2 Å². The second kappa shape index (κ2) is 5.83. The predicted octanol–water partition coefficient (Wildman–Crippen LogP) is 1.06. The number of carbonyl (C=O) groups is 1.